The minimum absolute atomic E-state index is 0.256. The topological polar surface area (TPSA) is 74.9 Å². The zero-order valence-electron chi connectivity index (χ0n) is 12.8. The van der Waals surface area contributed by atoms with Crippen LogP contribution in [0.25, 0.3) is 5.65 Å². The van der Waals surface area contributed by atoms with Gasteiger partial charge in [0.2, 0.25) is 0 Å². The van der Waals surface area contributed by atoms with Gasteiger partial charge in [-0.1, -0.05) is 30.3 Å². The highest BCUT2D eigenvalue weighted by Gasteiger charge is 2.35. The van der Waals surface area contributed by atoms with Crippen LogP contribution in [-0.4, -0.2) is 37.3 Å². The van der Waals surface area contributed by atoms with Crippen LogP contribution in [0, 0.1) is 0 Å². The van der Waals surface area contributed by atoms with Gasteiger partial charge in [0, 0.05) is 25.4 Å². The van der Waals surface area contributed by atoms with Crippen molar-refractivity contribution in [1.29, 1.82) is 0 Å². The van der Waals surface area contributed by atoms with Crippen molar-refractivity contribution < 1.29 is 14.7 Å². The Morgan fingerprint density at radius 1 is 1.08 bits per heavy atom. The van der Waals surface area contributed by atoms with Gasteiger partial charge in [0.05, 0.1) is 0 Å². The van der Waals surface area contributed by atoms with Crippen LogP contribution >= 0.6 is 0 Å². The summed E-state index contributed by atoms with van der Waals surface area (Å²) in [6.07, 6.45) is 3.75. The van der Waals surface area contributed by atoms with Crippen LogP contribution in [0.5, 0.6) is 0 Å². The second-order valence-corrected chi connectivity index (χ2v) is 5.85. The molecule has 0 saturated carbocycles. The first-order valence-corrected chi connectivity index (χ1v) is 7.68. The number of nitrogens with zero attached hydrogens (tertiary/aromatic N) is 3. The maximum atomic E-state index is 12.9. The molecule has 3 aromatic rings. The number of fused-ring (bicyclic) bond motifs is 2. The lowest BCUT2D eigenvalue weighted by Gasteiger charge is -2.34. The predicted molar refractivity (Wildman–Crippen MR) is 86.6 cm³/mol. The number of carbonyl (C=O) groups is 2. The third-order valence-electron chi connectivity index (χ3n) is 4.38. The monoisotopic (exact) mass is 321 g/mol. The second-order valence-electron chi connectivity index (χ2n) is 5.85. The Labute approximate surface area is 138 Å². The quantitative estimate of drug-likeness (QED) is 0.783. The van der Waals surface area contributed by atoms with Gasteiger partial charge in [0.1, 0.15) is 17.4 Å². The fourth-order valence-corrected chi connectivity index (χ4v) is 3.14. The standard InChI is InChI=1S/C18H15N3O3/c22-17(14-11-20-8-4-3-7-16(20)19-14)21-10-13-6-2-1-5-12(13)9-15(21)18(23)24/h1-8,11,15H,9-10H2,(H,23,24). The normalized spacial score (nSPS) is 16.8. The van der Waals surface area contributed by atoms with Crippen molar-refractivity contribution >= 4 is 17.5 Å². The molecule has 120 valence electrons. The van der Waals surface area contributed by atoms with Gasteiger partial charge in [0.15, 0.2) is 0 Å². The molecule has 6 heteroatoms. The lowest BCUT2D eigenvalue weighted by atomic mass is 9.94. The maximum Gasteiger partial charge on any atom is 0.326 e. The molecule has 1 atom stereocenters. The van der Waals surface area contributed by atoms with Crippen molar-refractivity contribution in [2.45, 2.75) is 19.0 Å². The fraction of sp³-hybridized carbons (Fsp3) is 0.167. The number of hydrogen-bond donors (Lipinski definition) is 1. The summed E-state index contributed by atoms with van der Waals surface area (Å²) in [6.45, 7) is 0.278. The summed E-state index contributed by atoms with van der Waals surface area (Å²) < 4.78 is 1.75. The molecule has 1 unspecified atom stereocenters. The predicted octanol–water partition coefficient (Wildman–Crippen LogP) is 1.99. The summed E-state index contributed by atoms with van der Waals surface area (Å²) in [5.74, 6) is -1.36. The van der Waals surface area contributed by atoms with E-state index in [1.54, 1.807) is 22.9 Å². The number of hydrogen-bond acceptors (Lipinski definition) is 3. The SMILES string of the molecule is O=C(O)C1Cc2ccccc2CN1C(=O)c1cn2ccccc2n1. The molecule has 24 heavy (non-hydrogen) atoms. The molecule has 3 heterocycles. The Morgan fingerprint density at radius 3 is 2.58 bits per heavy atom. The molecule has 1 aromatic carbocycles. The Morgan fingerprint density at radius 2 is 1.83 bits per heavy atom. The van der Waals surface area contributed by atoms with Gasteiger partial charge in [-0.25, -0.2) is 9.78 Å². The first kappa shape index (κ1) is 14.4. The molecule has 0 fully saturated rings. The van der Waals surface area contributed by atoms with Crippen LogP contribution < -0.4 is 0 Å². The molecule has 4 rings (SSSR count). The lowest BCUT2D eigenvalue weighted by Crippen LogP contribution is -2.48. The van der Waals surface area contributed by atoms with Gasteiger partial charge < -0.3 is 14.4 Å². The molecule has 1 aliphatic rings. The summed E-state index contributed by atoms with van der Waals surface area (Å²) in [5, 5.41) is 9.55. The van der Waals surface area contributed by atoms with E-state index in [4.69, 9.17) is 0 Å². The maximum absolute atomic E-state index is 12.9. The lowest BCUT2D eigenvalue weighted by molar-refractivity contribution is -0.142. The van der Waals surface area contributed by atoms with E-state index in [2.05, 4.69) is 4.98 Å². The van der Waals surface area contributed by atoms with E-state index >= 15 is 0 Å². The van der Waals surface area contributed by atoms with Crippen molar-refractivity contribution in [1.82, 2.24) is 14.3 Å². The van der Waals surface area contributed by atoms with E-state index in [-0.39, 0.29) is 18.1 Å². The zero-order valence-corrected chi connectivity index (χ0v) is 12.8. The largest absolute Gasteiger partial charge is 0.480 e. The minimum Gasteiger partial charge on any atom is -0.480 e. The first-order valence-electron chi connectivity index (χ1n) is 7.68. The number of aromatic nitrogens is 2. The molecule has 1 amide bonds. The van der Waals surface area contributed by atoms with Crippen molar-refractivity contribution in [2.75, 3.05) is 0 Å². The van der Waals surface area contributed by atoms with Crippen LogP contribution in [-0.2, 0) is 17.8 Å². The van der Waals surface area contributed by atoms with Crippen molar-refractivity contribution in [2.24, 2.45) is 0 Å². The number of benzene rings is 1. The molecule has 1 N–H and O–H groups in total. The zero-order chi connectivity index (χ0) is 16.7. The number of amides is 1. The average molecular weight is 321 g/mol. The summed E-state index contributed by atoms with van der Waals surface area (Å²) in [4.78, 5) is 30.3. The third kappa shape index (κ3) is 2.32. The number of imidazole rings is 1. The summed E-state index contributed by atoms with van der Waals surface area (Å²) in [6, 6.07) is 12.2. The van der Waals surface area contributed by atoms with Gasteiger partial charge in [-0.3, -0.25) is 4.79 Å². The highest BCUT2D eigenvalue weighted by molar-refractivity contribution is 5.95. The summed E-state index contributed by atoms with van der Waals surface area (Å²) >= 11 is 0. The van der Waals surface area contributed by atoms with Gasteiger partial charge >= 0.3 is 5.97 Å². The van der Waals surface area contributed by atoms with Crippen LogP contribution in [0.2, 0.25) is 0 Å². The number of carbonyl (C=O) groups excluding carboxylic acids is 1. The van der Waals surface area contributed by atoms with E-state index in [9.17, 15) is 14.7 Å². The van der Waals surface area contributed by atoms with E-state index in [0.29, 0.717) is 12.1 Å². The highest BCUT2D eigenvalue weighted by Crippen LogP contribution is 2.25. The van der Waals surface area contributed by atoms with Crippen molar-refractivity contribution in [3.63, 3.8) is 0 Å². The van der Waals surface area contributed by atoms with Crippen molar-refractivity contribution in [3.8, 4) is 0 Å². The molecule has 0 bridgehead atoms. The van der Waals surface area contributed by atoms with Gasteiger partial charge in [-0.05, 0) is 23.3 Å². The number of aliphatic carboxylic acids is 1. The molecule has 6 nitrogen and oxygen atoms in total. The van der Waals surface area contributed by atoms with Gasteiger partial charge in [-0.2, -0.15) is 0 Å². The van der Waals surface area contributed by atoms with E-state index in [1.807, 2.05) is 36.4 Å². The Bertz CT molecular complexity index is 914. The number of carboxylic acids is 1. The van der Waals surface area contributed by atoms with Gasteiger partial charge in [-0.15, -0.1) is 0 Å². The first-order chi connectivity index (χ1) is 11.6. The summed E-state index contributed by atoms with van der Waals surface area (Å²) in [7, 11) is 0. The smallest absolute Gasteiger partial charge is 0.326 e. The molecule has 0 radical (unpaired) electrons. The molecule has 0 aliphatic carbocycles. The Hall–Kier alpha value is -3.15. The molecular weight excluding hydrogens is 306 g/mol. The van der Waals surface area contributed by atoms with Crippen LogP contribution in [0.15, 0.2) is 54.9 Å². The minimum atomic E-state index is -0.999. The van der Waals surface area contributed by atoms with Gasteiger partial charge in [0.25, 0.3) is 5.91 Å². The number of pyridine rings is 1. The van der Waals surface area contributed by atoms with E-state index in [1.165, 1.54) is 4.90 Å². The molecule has 1 aliphatic heterocycles. The van der Waals surface area contributed by atoms with Crippen LogP contribution in [0.4, 0.5) is 0 Å². The van der Waals surface area contributed by atoms with Crippen molar-refractivity contribution in [3.05, 3.63) is 71.7 Å². The Kier molecular flexibility index (Phi) is 3.30. The number of carboxylic acid groups (broad SMARTS) is 1. The van der Waals surface area contributed by atoms with Crippen LogP contribution in [0.1, 0.15) is 21.6 Å². The van der Waals surface area contributed by atoms with E-state index < -0.39 is 12.0 Å². The van der Waals surface area contributed by atoms with E-state index in [0.717, 1.165) is 11.1 Å². The molecular formula is C18H15N3O3. The summed E-state index contributed by atoms with van der Waals surface area (Å²) in [5.41, 5.74) is 2.87. The molecule has 0 spiro atoms. The second kappa shape index (κ2) is 5.49. The average Bonchev–Trinajstić information content (AvgIpc) is 3.04. The van der Waals surface area contributed by atoms with Crippen LogP contribution in [0.3, 0.4) is 0 Å². The Balaban J connectivity index is 1.72. The number of rotatable bonds is 2. The molecule has 0 saturated heterocycles. The highest BCUT2D eigenvalue weighted by atomic mass is 16.4. The molecule has 2 aromatic heterocycles. The third-order valence-corrected chi connectivity index (χ3v) is 4.38. The fourth-order valence-electron chi connectivity index (χ4n) is 3.14.